The summed E-state index contributed by atoms with van der Waals surface area (Å²) in [5, 5.41) is 0. The molecule has 2 rings (SSSR count). The normalized spacial score (nSPS) is 19.7. The van der Waals surface area contributed by atoms with Crippen LogP contribution >= 0.6 is 0 Å². The van der Waals surface area contributed by atoms with Gasteiger partial charge in [-0.2, -0.15) is 8.42 Å². The van der Waals surface area contributed by atoms with Crippen molar-refractivity contribution in [2.75, 3.05) is 18.8 Å². The summed E-state index contributed by atoms with van der Waals surface area (Å²) in [7, 11) is -3.80. The van der Waals surface area contributed by atoms with Gasteiger partial charge >= 0.3 is 0 Å². The zero-order chi connectivity index (χ0) is 13.0. The first kappa shape index (κ1) is 13.5. The van der Waals surface area contributed by atoms with Crippen LogP contribution in [0.1, 0.15) is 32.1 Å². The molecule has 4 nitrogen and oxygen atoms in total. The fraction of sp³-hybridized carbons (Fsp3) is 0.615. The molecule has 5 heteroatoms. The molecule has 0 radical (unpaired) electrons. The van der Waals surface area contributed by atoms with Gasteiger partial charge in [0, 0.05) is 24.5 Å². The highest BCUT2D eigenvalue weighted by atomic mass is 32.2. The molecule has 1 aliphatic carbocycles. The number of hydrogen-bond acceptors (Lipinski definition) is 2. The standard InChI is InChI=1S/C13H19NO3S/c15-18(16,17)11-4-3-9-14-10-5-7-12-6-1-2-8-13(12)14/h2,6,8H,1,3-5,7,9-11H2/p+1. The second-order valence-electron chi connectivity index (χ2n) is 4.84. The number of fused-ring (bicyclic) bond motifs is 1. The predicted octanol–water partition coefficient (Wildman–Crippen LogP) is 1.79. The van der Waals surface area contributed by atoms with Crippen LogP contribution in [0.25, 0.3) is 0 Å². The van der Waals surface area contributed by atoms with Crippen LogP contribution < -0.4 is 0 Å². The Balaban J connectivity index is 1.92. The van der Waals surface area contributed by atoms with Crippen molar-refractivity contribution in [2.24, 2.45) is 0 Å². The van der Waals surface area contributed by atoms with Crippen LogP contribution in [0, 0.1) is 0 Å². The molecule has 0 unspecified atom stereocenters. The van der Waals surface area contributed by atoms with Gasteiger partial charge in [-0.05, 0) is 19.3 Å². The van der Waals surface area contributed by atoms with E-state index in [1.807, 2.05) is 0 Å². The first-order valence-corrected chi connectivity index (χ1v) is 8.10. The van der Waals surface area contributed by atoms with Gasteiger partial charge in [-0.1, -0.05) is 12.2 Å². The third kappa shape index (κ3) is 3.78. The van der Waals surface area contributed by atoms with Gasteiger partial charge in [0.15, 0.2) is 0 Å². The fourth-order valence-electron chi connectivity index (χ4n) is 2.54. The molecule has 0 saturated heterocycles. The lowest BCUT2D eigenvalue weighted by Crippen LogP contribution is -2.29. The maximum absolute atomic E-state index is 10.6. The Morgan fingerprint density at radius 3 is 2.94 bits per heavy atom. The van der Waals surface area contributed by atoms with Crippen molar-refractivity contribution in [3.05, 3.63) is 23.8 Å². The molecule has 100 valence electrons. The third-order valence-electron chi connectivity index (χ3n) is 3.40. The van der Waals surface area contributed by atoms with Crippen molar-refractivity contribution < 1.29 is 17.5 Å². The Morgan fingerprint density at radius 2 is 2.17 bits per heavy atom. The molecule has 1 N–H and O–H groups in total. The van der Waals surface area contributed by atoms with E-state index in [2.05, 4.69) is 22.8 Å². The highest BCUT2D eigenvalue weighted by Crippen LogP contribution is 2.19. The smallest absolute Gasteiger partial charge is 0.264 e. The van der Waals surface area contributed by atoms with E-state index in [0.29, 0.717) is 6.42 Å². The molecule has 1 aliphatic heterocycles. The Morgan fingerprint density at radius 1 is 1.33 bits per heavy atom. The fourth-order valence-corrected chi connectivity index (χ4v) is 3.11. The highest BCUT2D eigenvalue weighted by Gasteiger charge is 2.23. The van der Waals surface area contributed by atoms with E-state index in [-0.39, 0.29) is 5.75 Å². The topological polar surface area (TPSA) is 57.4 Å². The Bertz CT molecular complexity index is 500. The molecule has 0 aromatic rings. The second kappa shape index (κ2) is 5.80. The molecule has 0 aromatic carbocycles. The summed E-state index contributed by atoms with van der Waals surface area (Å²) in [5.74, 6) is -0.130. The second-order valence-corrected chi connectivity index (χ2v) is 6.41. The average Bonchev–Trinajstić information content (AvgIpc) is 2.33. The predicted molar refractivity (Wildman–Crippen MR) is 71.7 cm³/mol. The Labute approximate surface area is 108 Å². The lowest BCUT2D eigenvalue weighted by atomic mass is 9.95. The van der Waals surface area contributed by atoms with E-state index >= 15 is 0 Å². The zero-order valence-electron chi connectivity index (χ0n) is 10.5. The molecular weight excluding hydrogens is 250 g/mol. The van der Waals surface area contributed by atoms with Gasteiger partial charge in [0.1, 0.15) is 13.1 Å². The van der Waals surface area contributed by atoms with Crippen LogP contribution in [0.3, 0.4) is 0 Å². The molecule has 0 fully saturated rings. The van der Waals surface area contributed by atoms with Gasteiger partial charge in [0.25, 0.3) is 10.1 Å². The van der Waals surface area contributed by atoms with Crippen molar-refractivity contribution in [3.8, 4) is 0 Å². The molecule has 18 heavy (non-hydrogen) atoms. The van der Waals surface area contributed by atoms with Gasteiger partial charge in [0.05, 0.1) is 5.75 Å². The van der Waals surface area contributed by atoms with E-state index < -0.39 is 10.1 Å². The number of unbranched alkanes of at least 4 members (excludes halogenated alkanes) is 1. The largest absolute Gasteiger partial charge is 0.286 e. The number of rotatable bonds is 5. The summed E-state index contributed by atoms with van der Waals surface area (Å²) in [6.45, 7) is 1.91. The zero-order valence-corrected chi connectivity index (χ0v) is 11.3. The van der Waals surface area contributed by atoms with Gasteiger partial charge in [-0.3, -0.25) is 4.55 Å². The highest BCUT2D eigenvalue weighted by molar-refractivity contribution is 7.85. The summed E-state index contributed by atoms with van der Waals surface area (Å²) in [4.78, 5) is 0. The summed E-state index contributed by atoms with van der Waals surface area (Å²) in [6, 6.07) is 0. The summed E-state index contributed by atoms with van der Waals surface area (Å²) in [6.07, 6.45) is 11.3. The van der Waals surface area contributed by atoms with E-state index in [1.54, 1.807) is 0 Å². The summed E-state index contributed by atoms with van der Waals surface area (Å²) < 4.78 is 32.3. The van der Waals surface area contributed by atoms with E-state index in [0.717, 1.165) is 32.4 Å². The minimum Gasteiger partial charge on any atom is -0.286 e. The molecule has 0 spiro atoms. The van der Waals surface area contributed by atoms with Gasteiger partial charge in [-0.25, -0.2) is 4.58 Å². The maximum atomic E-state index is 10.6. The minimum absolute atomic E-state index is 0.130. The van der Waals surface area contributed by atoms with Crippen molar-refractivity contribution in [3.63, 3.8) is 0 Å². The molecule has 0 bridgehead atoms. The van der Waals surface area contributed by atoms with Crippen molar-refractivity contribution in [1.29, 1.82) is 0 Å². The third-order valence-corrected chi connectivity index (χ3v) is 4.20. The van der Waals surface area contributed by atoms with Crippen LogP contribution in [-0.2, 0) is 10.1 Å². The van der Waals surface area contributed by atoms with E-state index in [9.17, 15) is 8.42 Å². The number of allylic oxidation sites excluding steroid dienone is 4. The van der Waals surface area contributed by atoms with Crippen LogP contribution in [0.2, 0.25) is 0 Å². The molecule has 1 heterocycles. The first-order chi connectivity index (χ1) is 8.56. The molecule has 0 aromatic heterocycles. The van der Waals surface area contributed by atoms with Gasteiger partial charge in [-0.15, -0.1) is 0 Å². The number of hydrogen-bond donors (Lipinski definition) is 1. The lowest BCUT2D eigenvalue weighted by Gasteiger charge is -2.17. The van der Waals surface area contributed by atoms with Crippen molar-refractivity contribution in [2.45, 2.75) is 32.1 Å². The summed E-state index contributed by atoms with van der Waals surface area (Å²) in [5.41, 5.74) is 2.73. The molecule has 0 amide bonds. The van der Waals surface area contributed by atoms with Gasteiger partial charge < -0.3 is 0 Å². The first-order valence-electron chi connectivity index (χ1n) is 6.49. The lowest BCUT2D eigenvalue weighted by molar-refractivity contribution is -0.530. The van der Waals surface area contributed by atoms with Gasteiger partial charge in [0.2, 0.25) is 5.71 Å². The van der Waals surface area contributed by atoms with Crippen LogP contribution in [-0.4, -0.2) is 42.1 Å². The molecule has 0 atom stereocenters. The van der Waals surface area contributed by atoms with Crippen molar-refractivity contribution >= 4 is 15.8 Å². The van der Waals surface area contributed by atoms with E-state index in [4.69, 9.17) is 4.55 Å². The number of nitrogens with zero attached hydrogens (tertiary/aromatic N) is 1. The molecule has 0 saturated carbocycles. The average molecular weight is 270 g/mol. The van der Waals surface area contributed by atoms with E-state index in [1.165, 1.54) is 17.7 Å². The molecule has 2 aliphatic rings. The Hall–Kier alpha value is -0.940. The van der Waals surface area contributed by atoms with Crippen LogP contribution in [0.4, 0.5) is 0 Å². The monoisotopic (exact) mass is 270 g/mol. The Kier molecular flexibility index (Phi) is 4.35. The quantitative estimate of drug-likeness (QED) is 0.471. The molecular formula is C13H20NO3S+. The summed E-state index contributed by atoms with van der Waals surface area (Å²) >= 11 is 0. The minimum atomic E-state index is -3.80. The SMILES string of the molecule is O=S(=O)(O)CCCC[N+]1=C2C=CCC=C2CCC1. The maximum Gasteiger partial charge on any atom is 0.264 e. The van der Waals surface area contributed by atoms with Crippen molar-refractivity contribution in [1.82, 2.24) is 0 Å². The van der Waals surface area contributed by atoms with Crippen LogP contribution in [0.5, 0.6) is 0 Å². The van der Waals surface area contributed by atoms with Crippen LogP contribution in [0.15, 0.2) is 23.8 Å².